The molecule has 524 valence electrons. The molecular weight excluding hydrogens is 1360 g/mol. The normalized spacial score (nSPS) is 11.6. The summed E-state index contributed by atoms with van der Waals surface area (Å²) in [5, 5.41) is 9.24. The van der Waals surface area contributed by atoms with Crippen LogP contribution in [-0.2, 0) is 0 Å². The summed E-state index contributed by atoms with van der Waals surface area (Å²) >= 11 is 0. The van der Waals surface area contributed by atoms with Crippen molar-refractivity contribution < 1.29 is 0 Å². The van der Waals surface area contributed by atoms with Gasteiger partial charge in [-0.3, -0.25) is 0 Å². The van der Waals surface area contributed by atoms with Gasteiger partial charge in [-0.05, 0) is 161 Å². The number of rotatable bonds is 12. The van der Waals surface area contributed by atoms with E-state index in [0.717, 1.165) is 140 Å². The fourth-order valence-corrected chi connectivity index (χ4v) is 16.5. The lowest BCUT2D eigenvalue weighted by atomic mass is 9.94. The van der Waals surface area contributed by atoms with Crippen LogP contribution in [0.1, 0.15) is 0 Å². The first-order chi connectivity index (χ1) is 55.5. The largest absolute Gasteiger partial charge is 0.316 e. The van der Waals surface area contributed by atoms with Crippen LogP contribution >= 0.6 is 0 Å². The minimum atomic E-state index is 0.648. The van der Waals surface area contributed by atoms with Gasteiger partial charge in [-0.1, -0.05) is 267 Å². The summed E-state index contributed by atoms with van der Waals surface area (Å²) in [5.41, 5.74) is 27.4. The molecular formula is C103H67N9. The van der Waals surface area contributed by atoms with Crippen molar-refractivity contribution in [3.05, 3.63) is 407 Å². The topological polar surface area (TPSA) is 84.2 Å². The molecule has 9 nitrogen and oxygen atoms in total. The molecule has 22 rings (SSSR count). The number of pyridine rings is 1. The Hall–Kier alpha value is -15.2. The summed E-state index contributed by atoms with van der Waals surface area (Å²) in [6.07, 6.45) is 4.35. The predicted molar refractivity (Wildman–Crippen MR) is 463 cm³/mol. The van der Waals surface area contributed by atoms with E-state index in [4.69, 9.17) is 24.9 Å². The van der Waals surface area contributed by atoms with Crippen LogP contribution in [0.25, 0.3) is 200 Å². The highest BCUT2D eigenvalue weighted by Gasteiger charge is 2.23. The van der Waals surface area contributed by atoms with Gasteiger partial charge in [0.2, 0.25) is 0 Å². The summed E-state index contributed by atoms with van der Waals surface area (Å²) in [7, 11) is 0. The average Bonchev–Trinajstić information content (AvgIpc) is 1.57. The lowest BCUT2D eigenvalue weighted by molar-refractivity contribution is 1.13. The molecule has 0 spiro atoms. The van der Waals surface area contributed by atoms with Gasteiger partial charge in [-0.25, -0.2) is 24.9 Å². The summed E-state index contributed by atoms with van der Waals surface area (Å²) in [4.78, 5) is 26.4. The van der Waals surface area contributed by atoms with Crippen molar-refractivity contribution in [2.24, 2.45) is 0 Å². The smallest absolute Gasteiger partial charge is 0.160 e. The van der Waals surface area contributed by atoms with E-state index in [9.17, 15) is 0 Å². The minimum absolute atomic E-state index is 0.648. The van der Waals surface area contributed by atoms with Crippen molar-refractivity contribution in [1.82, 2.24) is 43.2 Å². The van der Waals surface area contributed by atoms with E-state index in [0.29, 0.717) is 11.6 Å². The van der Waals surface area contributed by atoms with Crippen LogP contribution in [0.2, 0.25) is 0 Å². The minimum Gasteiger partial charge on any atom is -0.316 e. The van der Waals surface area contributed by atoms with Gasteiger partial charge >= 0.3 is 0 Å². The molecule has 0 saturated carbocycles. The average molecular weight is 1430 g/mol. The first kappa shape index (κ1) is 65.1. The van der Waals surface area contributed by atoms with Gasteiger partial charge in [-0.2, -0.15) is 0 Å². The second kappa shape index (κ2) is 27.5. The molecule has 0 aliphatic rings. The van der Waals surface area contributed by atoms with Crippen LogP contribution in [0, 0.1) is 0 Å². The van der Waals surface area contributed by atoms with Crippen molar-refractivity contribution in [2.45, 2.75) is 0 Å². The highest BCUT2D eigenvalue weighted by molar-refractivity contribution is 6.20. The maximum atomic E-state index is 5.42. The molecule has 0 aliphatic carbocycles. The molecule has 0 bridgehead atoms. The summed E-state index contributed by atoms with van der Waals surface area (Å²) in [5.74, 6) is 1.34. The fourth-order valence-electron chi connectivity index (χ4n) is 16.5. The SMILES string of the molecule is c1ccc(-c2cc(-c3ccccc3)cc(-c3nc(-c4cccc(-n5c6ccccc6c6ccc7c(ccn7-c7ccccc7)c65)c4)nc4ccccc34)c2)cc1.c1ccc(-c2cc(-c3ccccc3)nc(-c3nc(-c4cccc(-n5c6ccccc6c6ccc7c(ccn7-c7ccccc7)c65)c4)nc4ccccc34)c2)cc1. The molecule has 9 heteroatoms. The maximum Gasteiger partial charge on any atom is 0.160 e. The zero-order valence-corrected chi connectivity index (χ0v) is 60.7. The van der Waals surface area contributed by atoms with Gasteiger partial charge < -0.3 is 18.3 Å². The third-order valence-corrected chi connectivity index (χ3v) is 21.7. The fraction of sp³-hybridized carbons (Fsp3) is 0. The third-order valence-electron chi connectivity index (χ3n) is 21.7. The summed E-state index contributed by atoms with van der Waals surface area (Å²) < 4.78 is 9.34. The van der Waals surface area contributed by atoms with Crippen molar-refractivity contribution >= 4 is 87.2 Å². The molecule has 0 aliphatic heterocycles. The van der Waals surface area contributed by atoms with Gasteiger partial charge in [0.25, 0.3) is 0 Å². The Labute approximate surface area is 645 Å². The molecule has 0 saturated heterocycles. The van der Waals surface area contributed by atoms with Crippen LogP contribution in [-0.4, -0.2) is 43.2 Å². The maximum absolute atomic E-state index is 5.42. The van der Waals surface area contributed by atoms with Crippen molar-refractivity contribution in [2.75, 3.05) is 0 Å². The third kappa shape index (κ3) is 11.5. The number of hydrogen-bond acceptors (Lipinski definition) is 5. The molecule has 0 radical (unpaired) electrons. The van der Waals surface area contributed by atoms with Gasteiger partial charge in [-0.15, -0.1) is 0 Å². The molecule has 15 aromatic carbocycles. The summed E-state index contributed by atoms with van der Waals surface area (Å²) in [6, 6.07) is 139. The number of fused-ring (bicyclic) bond motifs is 12. The Morgan fingerprint density at radius 1 is 0.179 bits per heavy atom. The second-order valence-electron chi connectivity index (χ2n) is 28.4. The van der Waals surface area contributed by atoms with Gasteiger partial charge in [0.15, 0.2) is 11.6 Å². The monoisotopic (exact) mass is 1430 g/mol. The van der Waals surface area contributed by atoms with E-state index in [1.54, 1.807) is 0 Å². The highest BCUT2D eigenvalue weighted by Crippen LogP contribution is 2.43. The Kier molecular flexibility index (Phi) is 16.0. The predicted octanol–water partition coefficient (Wildman–Crippen LogP) is 26.1. The molecule has 0 unspecified atom stereocenters. The van der Waals surface area contributed by atoms with Crippen LogP contribution in [0.3, 0.4) is 0 Å². The number of nitrogens with zero attached hydrogens (tertiary/aromatic N) is 9. The van der Waals surface area contributed by atoms with Crippen molar-refractivity contribution in [3.63, 3.8) is 0 Å². The molecule has 0 fully saturated rings. The van der Waals surface area contributed by atoms with Gasteiger partial charge in [0, 0.05) is 100 Å². The zero-order valence-electron chi connectivity index (χ0n) is 60.7. The molecule has 22 aromatic rings. The molecule has 0 amide bonds. The lowest BCUT2D eigenvalue weighted by Gasteiger charge is -2.14. The lowest BCUT2D eigenvalue weighted by Crippen LogP contribution is -1.99. The first-order valence-corrected chi connectivity index (χ1v) is 37.9. The van der Waals surface area contributed by atoms with Crippen molar-refractivity contribution in [3.8, 4) is 113 Å². The van der Waals surface area contributed by atoms with E-state index < -0.39 is 0 Å². The molecule has 7 heterocycles. The van der Waals surface area contributed by atoms with Gasteiger partial charge in [0.05, 0.1) is 61.2 Å². The zero-order chi connectivity index (χ0) is 74.0. The van der Waals surface area contributed by atoms with E-state index in [1.165, 1.54) is 48.9 Å². The Morgan fingerprint density at radius 2 is 0.536 bits per heavy atom. The highest BCUT2D eigenvalue weighted by atomic mass is 15.0. The second-order valence-corrected chi connectivity index (χ2v) is 28.4. The van der Waals surface area contributed by atoms with Crippen LogP contribution in [0.5, 0.6) is 0 Å². The van der Waals surface area contributed by atoms with E-state index in [2.05, 4.69) is 401 Å². The van der Waals surface area contributed by atoms with E-state index in [1.807, 2.05) is 24.3 Å². The van der Waals surface area contributed by atoms with Crippen LogP contribution in [0.4, 0.5) is 0 Å². The summed E-state index contributed by atoms with van der Waals surface area (Å²) in [6.45, 7) is 0. The Bertz CT molecular complexity index is 6790. The number of benzene rings is 15. The van der Waals surface area contributed by atoms with E-state index >= 15 is 0 Å². The molecule has 112 heavy (non-hydrogen) atoms. The van der Waals surface area contributed by atoms with Gasteiger partial charge in [0.1, 0.15) is 5.69 Å². The molecule has 0 N–H and O–H groups in total. The van der Waals surface area contributed by atoms with Crippen LogP contribution in [0.15, 0.2) is 407 Å². The standard InChI is InChI=1S/C52H34N4.C51H33N5/c1-4-15-35(16-5-1)38-31-39(36-17-6-2-7-18-36)33-40(32-38)50-45-24-10-12-25-47(45)53-52(54-50)37-19-14-22-42(34-37)56-49-26-13-11-23-43(49)44-27-28-48-46(51(44)56)29-30-55(48)41-20-8-3-9-21-41;1-4-15-34(16-5-1)37-32-45(35-17-6-2-7-18-35)52-46(33-37)49-42-24-10-12-25-44(42)53-51(54-49)36-19-14-22-39(31-36)56-48-26-13-11-23-40(48)41-27-28-47-43(50(41)56)29-30-55(47)38-20-8-3-9-21-38/h1-34H;1-33H. The first-order valence-electron chi connectivity index (χ1n) is 37.9. The van der Waals surface area contributed by atoms with Crippen molar-refractivity contribution in [1.29, 1.82) is 0 Å². The van der Waals surface area contributed by atoms with E-state index in [-0.39, 0.29) is 0 Å². The molecule has 7 aromatic heterocycles. The molecule has 0 atom stereocenters. The Morgan fingerprint density at radius 3 is 1.01 bits per heavy atom. The number of aromatic nitrogens is 9. The number of hydrogen-bond donors (Lipinski definition) is 0. The number of para-hydroxylation sites is 6. The quantitative estimate of drug-likeness (QED) is 0.122. The van der Waals surface area contributed by atoms with Crippen LogP contribution < -0.4 is 0 Å². The Balaban J connectivity index is 0.000000141.